The second kappa shape index (κ2) is 11.5. The minimum Gasteiger partial charge on any atom is -0.456 e. The molecule has 0 saturated carbocycles. The number of nitrogens with zero attached hydrogens (tertiary/aromatic N) is 2. The predicted molar refractivity (Wildman–Crippen MR) is 221 cm³/mol. The second-order valence-corrected chi connectivity index (χ2v) is 13.9. The van der Waals surface area contributed by atoms with Crippen LogP contribution in [0.5, 0.6) is 0 Å². The molecule has 0 fully saturated rings. The first-order valence-corrected chi connectivity index (χ1v) is 18.3. The molecule has 0 bridgehead atoms. The maximum absolute atomic E-state index is 6.60. The van der Waals surface area contributed by atoms with Crippen molar-refractivity contribution in [2.24, 2.45) is 0 Å². The van der Waals surface area contributed by atoms with Gasteiger partial charge >= 0.3 is 0 Å². The Balaban J connectivity index is 0.992. The number of oxazole rings is 1. The lowest BCUT2D eigenvalue weighted by atomic mass is 10.0. The first kappa shape index (κ1) is 29.9. The molecule has 0 aliphatic carbocycles. The van der Waals surface area contributed by atoms with E-state index in [1.807, 2.05) is 78.9 Å². The summed E-state index contributed by atoms with van der Waals surface area (Å²) >= 11 is 0. The molecule has 0 amide bonds. The molecule has 0 unspecified atom stereocenters. The molecule has 0 radical (unpaired) electrons. The number of anilines is 3. The van der Waals surface area contributed by atoms with E-state index >= 15 is 0 Å². The van der Waals surface area contributed by atoms with Gasteiger partial charge in [0.15, 0.2) is 5.58 Å². The Labute approximate surface area is 313 Å². The van der Waals surface area contributed by atoms with Gasteiger partial charge in [-0.2, -0.15) is 0 Å². The van der Waals surface area contributed by atoms with E-state index in [2.05, 4.69) is 95.9 Å². The summed E-state index contributed by atoms with van der Waals surface area (Å²) in [5.41, 5.74) is 12.4. The zero-order valence-corrected chi connectivity index (χ0v) is 29.2. The molecule has 0 aliphatic heterocycles. The Bertz CT molecular complexity index is 3330. The van der Waals surface area contributed by atoms with Crippen molar-refractivity contribution in [2.75, 3.05) is 4.90 Å². The quantitative estimate of drug-likeness (QED) is 0.177. The molecular formula is C49H28N2O4. The Kier molecular flexibility index (Phi) is 6.24. The van der Waals surface area contributed by atoms with Gasteiger partial charge in [-0.25, -0.2) is 4.98 Å². The summed E-state index contributed by atoms with van der Waals surface area (Å²) in [7, 11) is 0. The van der Waals surface area contributed by atoms with Gasteiger partial charge in [-0.05, 0) is 78.4 Å². The smallest absolute Gasteiger partial charge is 0.227 e. The van der Waals surface area contributed by atoms with Gasteiger partial charge in [0.25, 0.3) is 0 Å². The van der Waals surface area contributed by atoms with Crippen LogP contribution < -0.4 is 4.90 Å². The van der Waals surface area contributed by atoms with Crippen molar-refractivity contribution in [2.45, 2.75) is 0 Å². The van der Waals surface area contributed by atoms with Crippen LogP contribution in [0.1, 0.15) is 0 Å². The van der Waals surface area contributed by atoms with Crippen LogP contribution in [0, 0.1) is 0 Å². The maximum Gasteiger partial charge on any atom is 0.227 e. The number of hydrogen-bond donors (Lipinski definition) is 0. The minimum atomic E-state index is 0.590. The van der Waals surface area contributed by atoms with Crippen LogP contribution in [-0.2, 0) is 0 Å². The van der Waals surface area contributed by atoms with Crippen molar-refractivity contribution in [3.8, 4) is 22.6 Å². The molecule has 12 aromatic rings. The van der Waals surface area contributed by atoms with Gasteiger partial charge < -0.3 is 22.6 Å². The Morgan fingerprint density at radius 2 is 0.945 bits per heavy atom. The van der Waals surface area contributed by atoms with Crippen LogP contribution >= 0.6 is 0 Å². The maximum atomic E-state index is 6.60. The molecule has 6 nitrogen and oxygen atoms in total. The fraction of sp³-hybridized carbons (Fsp3) is 0. The van der Waals surface area contributed by atoms with Gasteiger partial charge in [-0.1, -0.05) is 84.9 Å². The molecule has 258 valence electrons. The summed E-state index contributed by atoms with van der Waals surface area (Å²) in [5, 5.41) is 6.31. The lowest BCUT2D eigenvalue weighted by Gasteiger charge is -2.25. The zero-order valence-electron chi connectivity index (χ0n) is 29.2. The number of furan rings is 3. The molecule has 6 heteroatoms. The lowest BCUT2D eigenvalue weighted by molar-refractivity contribution is 0.619. The average Bonchev–Trinajstić information content (AvgIpc) is 4.02. The molecule has 0 atom stereocenters. The fourth-order valence-corrected chi connectivity index (χ4v) is 8.15. The van der Waals surface area contributed by atoms with E-state index in [-0.39, 0.29) is 0 Å². The summed E-state index contributed by atoms with van der Waals surface area (Å²) in [6.07, 6.45) is 0. The third kappa shape index (κ3) is 4.58. The molecular weight excluding hydrogens is 681 g/mol. The number of hydrogen-bond acceptors (Lipinski definition) is 6. The third-order valence-corrected chi connectivity index (χ3v) is 10.7. The van der Waals surface area contributed by atoms with Crippen molar-refractivity contribution >= 4 is 94.0 Å². The molecule has 8 aromatic carbocycles. The van der Waals surface area contributed by atoms with Crippen LogP contribution in [-0.4, -0.2) is 4.98 Å². The molecule has 4 aromatic heterocycles. The monoisotopic (exact) mass is 708 g/mol. The normalized spacial score (nSPS) is 12.0. The zero-order chi connectivity index (χ0) is 36.0. The largest absolute Gasteiger partial charge is 0.456 e. The SMILES string of the molecule is c1ccc(-c2nc3c(ccc4oc5c(-c6ccc(N(c7ccc8c(c7)oc7ccccc78)c7ccc8c(c7)oc7ccccc78)cc6)cccc5c43)o2)cc1. The van der Waals surface area contributed by atoms with E-state index in [1.165, 1.54) is 0 Å². The molecule has 0 saturated heterocycles. The summed E-state index contributed by atoms with van der Waals surface area (Å²) in [6.45, 7) is 0. The summed E-state index contributed by atoms with van der Waals surface area (Å²) in [4.78, 5) is 7.19. The van der Waals surface area contributed by atoms with E-state index in [1.54, 1.807) is 0 Å². The lowest BCUT2D eigenvalue weighted by Crippen LogP contribution is -2.09. The number of para-hydroxylation sites is 3. The molecule has 4 heterocycles. The predicted octanol–water partition coefficient (Wildman–Crippen LogP) is 14.3. The van der Waals surface area contributed by atoms with E-state index in [0.717, 1.165) is 111 Å². The number of aromatic nitrogens is 1. The van der Waals surface area contributed by atoms with Gasteiger partial charge in [0.1, 0.15) is 39.0 Å². The third-order valence-electron chi connectivity index (χ3n) is 10.7. The standard InChI is InChI=1S/C49H28N2O4/c1-2-9-30(10-3-1)49-50-47-43(55-49)26-25-42-46(47)39-14-8-13-34(48(39)54-42)29-17-19-31(20-18-29)51(32-21-23-37-35-11-4-6-15-40(35)52-44(37)27-32)33-22-24-38-36-12-5-7-16-41(36)53-45(38)28-33/h1-28H. The minimum absolute atomic E-state index is 0.590. The Hall–Kier alpha value is -7.57. The Morgan fingerprint density at radius 1 is 0.364 bits per heavy atom. The van der Waals surface area contributed by atoms with Crippen LogP contribution in [0.25, 0.3) is 99.5 Å². The Morgan fingerprint density at radius 3 is 1.64 bits per heavy atom. The van der Waals surface area contributed by atoms with Crippen molar-refractivity contribution in [1.82, 2.24) is 4.98 Å². The summed E-state index contributed by atoms with van der Waals surface area (Å²) in [6, 6.07) is 58.0. The molecule has 12 rings (SSSR count). The van der Waals surface area contributed by atoms with Gasteiger partial charge in [0.05, 0.1) is 5.39 Å². The van der Waals surface area contributed by atoms with E-state index in [9.17, 15) is 0 Å². The van der Waals surface area contributed by atoms with E-state index in [0.29, 0.717) is 5.89 Å². The van der Waals surface area contributed by atoms with Crippen LogP contribution in [0.4, 0.5) is 17.1 Å². The molecule has 0 N–H and O–H groups in total. The molecule has 0 aliphatic rings. The number of rotatable bonds is 5. The highest BCUT2D eigenvalue weighted by Crippen LogP contribution is 2.43. The van der Waals surface area contributed by atoms with Gasteiger partial charge in [-0.3, -0.25) is 0 Å². The van der Waals surface area contributed by atoms with Crippen molar-refractivity contribution in [3.63, 3.8) is 0 Å². The van der Waals surface area contributed by atoms with Crippen molar-refractivity contribution in [3.05, 3.63) is 170 Å². The first-order chi connectivity index (χ1) is 27.2. The fourth-order valence-electron chi connectivity index (χ4n) is 8.15. The number of benzene rings is 8. The first-order valence-electron chi connectivity index (χ1n) is 18.3. The molecule has 55 heavy (non-hydrogen) atoms. The van der Waals surface area contributed by atoms with Gasteiger partial charge in [0.2, 0.25) is 5.89 Å². The van der Waals surface area contributed by atoms with Crippen molar-refractivity contribution in [1.29, 1.82) is 0 Å². The molecule has 0 spiro atoms. The second-order valence-electron chi connectivity index (χ2n) is 13.9. The van der Waals surface area contributed by atoms with Crippen LogP contribution in [0.2, 0.25) is 0 Å². The summed E-state index contributed by atoms with van der Waals surface area (Å²) in [5.74, 6) is 0.590. The highest BCUT2D eigenvalue weighted by molar-refractivity contribution is 6.19. The van der Waals surface area contributed by atoms with Crippen molar-refractivity contribution < 1.29 is 17.7 Å². The number of fused-ring (bicyclic) bond motifs is 11. The van der Waals surface area contributed by atoms with E-state index in [4.69, 9.17) is 22.7 Å². The van der Waals surface area contributed by atoms with Crippen LogP contribution in [0.15, 0.2) is 188 Å². The summed E-state index contributed by atoms with van der Waals surface area (Å²) < 4.78 is 25.5. The van der Waals surface area contributed by atoms with E-state index < -0.39 is 0 Å². The van der Waals surface area contributed by atoms with Gasteiger partial charge in [-0.15, -0.1) is 0 Å². The average molecular weight is 709 g/mol. The highest BCUT2D eigenvalue weighted by Gasteiger charge is 2.21. The van der Waals surface area contributed by atoms with Gasteiger partial charge in [0, 0.05) is 67.3 Å². The van der Waals surface area contributed by atoms with Crippen LogP contribution in [0.3, 0.4) is 0 Å². The topological polar surface area (TPSA) is 68.7 Å². The highest BCUT2D eigenvalue weighted by atomic mass is 16.4.